The molecule has 0 aromatic heterocycles. The maximum absolute atomic E-state index is 4.99. The van der Waals surface area contributed by atoms with Crippen LogP contribution in [0.2, 0.25) is 0 Å². The van der Waals surface area contributed by atoms with Crippen molar-refractivity contribution in [3.8, 4) is 0 Å². The fraction of sp³-hybridized carbons (Fsp3) is 0.333. The molecule has 0 aliphatic heterocycles. The molecule has 0 radical (unpaired) electrons. The van der Waals surface area contributed by atoms with E-state index in [9.17, 15) is 0 Å². The van der Waals surface area contributed by atoms with Crippen LogP contribution in [0.15, 0.2) is 30.3 Å². The van der Waals surface area contributed by atoms with Gasteiger partial charge in [-0.2, -0.15) is 0 Å². The molecule has 1 aromatic rings. The van der Waals surface area contributed by atoms with E-state index in [4.69, 9.17) is 4.74 Å². The Labute approximate surface area is 73.9 Å². The van der Waals surface area contributed by atoms with Gasteiger partial charge in [-0.25, -0.2) is 0 Å². The molecule has 1 nitrogen and oxygen atoms in total. The van der Waals surface area contributed by atoms with Crippen LogP contribution in [0, 0.1) is 0 Å². The summed E-state index contributed by atoms with van der Waals surface area (Å²) in [4.78, 5) is 0. The molecule has 0 saturated heterocycles. The quantitative estimate of drug-likeness (QED) is 0.546. The Kier molecular flexibility index (Phi) is 4.29. The molecule has 11 heavy (non-hydrogen) atoms. The van der Waals surface area contributed by atoms with E-state index in [0.29, 0.717) is 15.0 Å². The van der Waals surface area contributed by atoms with Crippen LogP contribution < -0.4 is 0 Å². The van der Waals surface area contributed by atoms with E-state index in [0.717, 1.165) is 5.51 Å². The molecule has 0 aliphatic rings. The van der Waals surface area contributed by atoms with Crippen molar-refractivity contribution in [3.05, 3.63) is 35.9 Å². The van der Waals surface area contributed by atoms with Gasteiger partial charge in [0.15, 0.2) is 0 Å². The summed E-state index contributed by atoms with van der Waals surface area (Å²) in [6, 6.07) is 10.5. The number of rotatable bonds is 4. The molecular weight excluding hydrogens is 203 g/mol. The van der Waals surface area contributed by atoms with Crippen LogP contribution in [0.1, 0.15) is 5.56 Å². The molecular formula is C9H12OSe. The minimum atomic E-state index is 0.607. The van der Waals surface area contributed by atoms with Crippen molar-refractivity contribution in [2.24, 2.45) is 0 Å². The predicted molar refractivity (Wildman–Crippen MR) is 47.8 cm³/mol. The van der Waals surface area contributed by atoms with Crippen LogP contribution in [0.5, 0.6) is 0 Å². The van der Waals surface area contributed by atoms with Crippen molar-refractivity contribution in [2.45, 2.75) is 5.32 Å². The van der Waals surface area contributed by atoms with E-state index in [1.165, 1.54) is 10.9 Å². The molecule has 0 spiro atoms. The second-order valence-electron chi connectivity index (χ2n) is 2.24. The molecule has 0 amide bonds. The Bertz CT molecular complexity index is 186. The van der Waals surface area contributed by atoms with Crippen LogP contribution in [0.4, 0.5) is 0 Å². The van der Waals surface area contributed by atoms with Crippen molar-refractivity contribution in [3.63, 3.8) is 0 Å². The van der Waals surface area contributed by atoms with E-state index in [1.54, 1.807) is 7.11 Å². The summed E-state index contributed by atoms with van der Waals surface area (Å²) < 4.78 is 4.99. The van der Waals surface area contributed by atoms with Crippen LogP contribution in [-0.2, 0) is 10.1 Å². The number of hydrogen-bond donors (Lipinski definition) is 0. The SMILES string of the molecule is COC[Se]Cc1ccccc1. The zero-order chi connectivity index (χ0) is 7.94. The van der Waals surface area contributed by atoms with E-state index in [-0.39, 0.29) is 0 Å². The van der Waals surface area contributed by atoms with Crippen LogP contribution in [0.3, 0.4) is 0 Å². The third-order valence-corrected chi connectivity index (χ3v) is 3.28. The van der Waals surface area contributed by atoms with Gasteiger partial charge in [-0.05, 0) is 0 Å². The van der Waals surface area contributed by atoms with Gasteiger partial charge in [-0.3, -0.25) is 0 Å². The Morgan fingerprint density at radius 3 is 2.64 bits per heavy atom. The summed E-state index contributed by atoms with van der Waals surface area (Å²) in [6.07, 6.45) is 0. The molecule has 2 heteroatoms. The Morgan fingerprint density at radius 2 is 2.00 bits per heavy atom. The van der Waals surface area contributed by atoms with Crippen molar-refractivity contribution in [1.29, 1.82) is 0 Å². The fourth-order valence-corrected chi connectivity index (χ4v) is 2.24. The number of benzene rings is 1. The van der Waals surface area contributed by atoms with Crippen molar-refractivity contribution in [1.82, 2.24) is 0 Å². The van der Waals surface area contributed by atoms with E-state index in [1.807, 2.05) is 6.07 Å². The molecule has 0 N–H and O–H groups in total. The molecule has 0 bridgehead atoms. The zero-order valence-electron chi connectivity index (χ0n) is 6.62. The number of hydrogen-bond acceptors (Lipinski definition) is 1. The van der Waals surface area contributed by atoms with Gasteiger partial charge >= 0.3 is 73.5 Å². The second-order valence-corrected chi connectivity index (χ2v) is 4.20. The van der Waals surface area contributed by atoms with Crippen LogP contribution in [0.25, 0.3) is 0 Å². The number of ether oxygens (including phenoxy) is 1. The molecule has 0 atom stereocenters. The van der Waals surface area contributed by atoms with Gasteiger partial charge in [0.1, 0.15) is 0 Å². The molecule has 0 fully saturated rings. The molecule has 0 heterocycles. The third-order valence-electron chi connectivity index (χ3n) is 1.31. The molecule has 0 unspecified atom stereocenters. The molecule has 60 valence electrons. The monoisotopic (exact) mass is 216 g/mol. The van der Waals surface area contributed by atoms with E-state index in [2.05, 4.69) is 24.3 Å². The first-order valence-electron chi connectivity index (χ1n) is 3.54. The first-order valence-corrected chi connectivity index (χ1v) is 5.96. The van der Waals surface area contributed by atoms with Gasteiger partial charge in [0.25, 0.3) is 0 Å². The van der Waals surface area contributed by atoms with E-state index < -0.39 is 0 Å². The topological polar surface area (TPSA) is 9.23 Å². The van der Waals surface area contributed by atoms with Crippen molar-refractivity contribution < 1.29 is 4.74 Å². The normalized spacial score (nSPS) is 9.91. The summed E-state index contributed by atoms with van der Waals surface area (Å²) in [5, 5.41) is 1.18. The van der Waals surface area contributed by atoms with Gasteiger partial charge in [0.2, 0.25) is 0 Å². The molecule has 0 aliphatic carbocycles. The average Bonchev–Trinajstić information content (AvgIpc) is 2.07. The first-order chi connectivity index (χ1) is 5.43. The average molecular weight is 215 g/mol. The fourth-order valence-electron chi connectivity index (χ4n) is 0.817. The van der Waals surface area contributed by atoms with Gasteiger partial charge < -0.3 is 0 Å². The zero-order valence-corrected chi connectivity index (χ0v) is 8.33. The third kappa shape index (κ3) is 3.57. The van der Waals surface area contributed by atoms with Crippen molar-refractivity contribution in [2.75, 3.05) is 12.6 Å². The second kappa shape index (κ2) is 5.36. The maximum atomic E-state index is 4.99. The van der Waals surface area contributed by atoms with Crippen LogP contribution >= 0.6 is 0 Å². The van der Waals surface area contributed by atoms with Crippen LogP contribution in [-0.4, -0.2) is 27.6 Å². The summed E-state index contributed by atoms with van der Waals surface area (Å²) in [5.41, 5.74) is 2.34. The van der Waals surface area contributed by atoms with Gasteiger partial charge in [-0.15, -0.1) is 0 Å². The Morgan fingerprint density at radius 1 is 1.27 bits per heavy atom. The Balaban J connectivity index is 2.28. The summed E-state index contributed by atoms with van der Waals surface area (Å²) >= 11 is 0.607. The number of methoxy groups -OCH3 is 1. The Hall–Kier alpha value is -0.301. The minimum absolute atomic E-state index is 0.607. The predicted octanol–water partition coefficient (Wildman–Crippen LogP) is 1.49. The summed E-state index contributed by atoms with van der Waals surface area (Å²) in [5.74, 6) is 0. The van der Waals surface area contributed by atoms with Gasteiger partial charge in [-0.1, -0.05) is 0 Å². The summed E-state index contributed by atoms with van der Waals surface area (Å²) in [7, 11) is 1.76. The van der Waals surface area contributed by atoms with Crippen molar-refractivity contribution >= 4 is 15.0 Å². The van der Waals surface area contributed by atoms with Gasteiger partial charge in [0, 0.05) is 0 Å². The first kappa shape index (κ1) is 8.79. The molecule has 1 aromatic carbocycles. The van der Waals surface area contributed by atoms with E-state index >= 15 is 0 Å². The van der Waals surface area contributed by atoms with Gasteiger partial charge in [0.05, 0.1) is 0 Å². The molecule has 1 rings (SSSR count). The standard InChI is InChI=1S/C9H12OSe/c1-10-8-11-7-9-5-3-2-4-6-9/h2-6H,7-8H2,1H3. The summed E-state index contributed by atoms with van der Waals surface area (Å²) in [6.45, 7) is 0. The molecule has 0 saturated carbocycles.